The highest BCUT2D eigenvalue weighted by molar-refractivity contribution is 7.98. The van der Waals surface area contributed by atoms with Gasteiger partial charge in [-0.25, -0.2) is 0 Å². The Kier molecular flexibility index (Phi) is 5.51. The maximum atomic E-state index is 12.8. The SMILES string of the molecule is CSc1cccc(-n2c(C)cc(C(=O)Cn3cc([N+](=O)[O-])ccc3=O)c2C)c1. The normalized spacial score (nSPS) is 10.8. The summed E-state index contributed by atoms with van der Waals surface area (Å²) in [5.41, 5.74) is 2.41. The minimum Gasteiger partial charge on any atom is -0.318 e. The molecule has 0 aliphatic heterocycles. The molecule has 8 heteroatoms. The van der Waals surface area contributed by atoms with Crippen molar-refractivity contribution in [1.82, 2.24) is 9.13 Å². The number of nitro groups is 1. The maximum Gasteiger partial charge on any atom is 0.285 e. The van der Waals surface area contributed by atoms with Gasteiger partial charge in [-0.3, -0.25) is 19.7 Å². The lowest BCUT2D eigenvalue weighted by Gasteiger charge is -2.11. The van der Waals surface area contributed by atoms with Gasteiger partial charge in [0.2, 0.25) is 0 Å². The van der Waals surface area contributed by atoms with E-state index in [0.29, 0.717) is 5.56 Å². The molecule has 0 unspecified atom stereocenters. The molecule has 3 aromatic rings. The fourth-order valence-corrected chi connectivity index (χ4v) is 3.64. The molecule has 0 aliphatic rings. The number of hydrogen-bond acceptors (Lipinski definition) is 5. The zero-order valence-corrected chi connectivity index (χ0v) is 16.5. The van der Waals surface area contributed by atoms with Crippen LogP contribution in [0.4, 0.5) is 5.69 Å². The van der Waals surface area contributed by atoms with Gasteiger partial charge in [0, 0.05) is 39.7 Å². The number of nitrogens with zero attached hydrogens (tertiary/aromatic N) is 3. The fourth-order valence-electron chi connectivity index (χ4n) is 3.18. The van der Waals surface area contributed by atoms with Crippen LogP contribution in [0.2, 0.25) is 0 Å². The molecule has 0 saturated carbocycles. The Balaban J connectivity index is 1.97. The monoisotopic (exact) mass is 397 g/mol. The van der Waals surface area contributed by atoms with Crippen molar-refractivity contribution in [2.75, 3.05) is 6.26 Å². The van der Waals surface area contributed by atoms with E-state index in [1.807, 2.05) is 48.9 Å². The Labute approximate surface area is 165 Å². The van der Waals surface area contributed by atoms with Crippen LogP contribution in [0.25, 0.3) is 5.69 Å². The molecular formula is C20H19N3O4S. The number of ketones is 1. The third-order valence-electron chi connectivity index (χ3n) is 4.54. The number of benzene rings is 1. The first kappa shape index (κ1) is 19.6. The highest BCUT2D eigenvalue weighted by Crippen LogP contribution is 2.25. The zero-order chi connectivity index (χ0) is 20.4. The van der Waals surface area contributed by atoms with Crippen molar-refractivity contribution >= 4 is 23.2 Å². The first-order valence-electron chi connectivity index (χ1n) is 8.53. The van der Waals surface area contributed by atoms with E-state index in [2.05, 4.69) is 0 Å². The summed E-state index contributed by atoms with van der Waals surface area (Å²) in [5.74, 6) is -0.275. The Morgan fingerprint density at radius 3 is 2.61 bits per heavy atom. The van der Waals surface area contributed by atoms with Gasteiger partial charge in [0.05, 0.1) is 17.7 Å². The largest absolute Gasteiger partial charge is 0.318 e. The molecule has 2 aromatic heterocycles. The second kappa shape index (κ2) is 7.85. The molecule has 0 bridgehead atoms. The summed E-state index contributed by atoms with van der Waals surface area (Å²) < 4.78 is 3.06. The molecule has 0 fully saturated rings. The van der Waals surface area contributed by atoms with Crippen LogP contribution < -0.4 is 5.56 Å². The topological polar surface area (TPSA) is 87.1 Å². The second-order valence-electron chi connectivity index (χ2n) is 6.36. The van der Waals surface area contributed by atoms with Gasteiger partial charge < -0.3 is 9.13 Å². The van der Waals surface area contributed by atoms with Crippen LogP contribution >= 0.6 is 11.8 Å². The lowest BCUT2D eigenvalue weighted by Crippen LogP contribution is -2.23. The van der Waals surface area contributed by atoms with Crippen LogP contribution in [0.1, 0.15) is 21.7 Å². The standard InChI is InChI=1S/C20H19N3O4S/c1-13-9-18(14(2)22(13)15-5-4-6-17(10-15)28-3)19(24)12-21-11-16(23(26)27)7-8-20(21)25/h4-11H,12H2,1-3H3. The Bertz CT molecular complexity index is 1130. The van der Waals surface area contributed by atoms with Crippen LogP contribution in [-0.2, 0) is 6.54 Å². The van der Waals surface area contributed by atoms with E-state index in [9.17, 15) is 19.7 Å². The van der Waals surface area contributed by atoms with E-state index < -0.39 is 10.5 Å². The van der Waals surface area contributed by atoms with Gasteiger partial charge in [-0.2, -0.15) is 0 Å². The highest BCUT2D eigenvalue weighted by Gasteiger charge is 2.18. The van der Waals surface area contributed by atoms with Crippen molar-refractivity contribution in [2.45, 2.75) is 25.3 Å². The number of carbonyl (C=O) groups excluding carboxylic acids is 1. The van der Waals surface area contributed by atoms with E-state index >= 15 is 0 Å². The van der Waals surface area contributed by atoms with Crippen LogP contribution in [0.5, 0.6) is 0 Å². The molecule has 3 rings (SSSR count). The minimum atomic E-state index is -0.592. The van der Waals surface area contributed by atoms with Crippen molar-refractivity contribution in [1.29, 1.82) is 0 Å². The average molecular weight is 397 g/mol. The molecule has 7 nitrogen and oxygen atoms in total. The Hall–Kier alpha value is -3.13. The zero-order valence-electron chi connectivity index (χ0n) is 15.7. The van der Waals surface area contributed by atoms with Gasteiger partial charge >= 0.3 is 0 Å². The smallest absolute Gasteiger partial charge is 0.285 e. The van der Waals surface area contributed by atoms with Gasteiger partial charge in [0.1, 0.15) is 0 Å². The quantitative estimate of drug-likeness (QED) is 0.273. The van der Waals surface area contributed by atoms with Crippen molar-refractivity contribution in [3.63, 3.8) is 0 Å². The lowest BCUT2D eigenvalue weighted by molar-refractivity contribution is -0.385. The predicted molar refractivity (Wildman–Crippen MR) is 109 cm³/mol. The number of thioether (sulfide) groups is 1. The van der Waals surface area contributed by atoms with Crippen molar-refractivity contribution < 1.29 is 9.72 Å². The predicted octanol–water partition coefficient (Wildman–Crippen LogP) is 3.77. The number of rotatable bonds is 6. The molecule has 0 spiro atoms. The first-order valence-corrected chi connectivity index (χ1v) is 9.75. The van der Waals surface area contributed by atoms with Crippen LogP contribution in [-0.4, -0.2) is 26.1 Å². The number of aromatic nitrogens is 2. The highest BCUT2D eigenvalue weighted by atomic mass is 32.2. The van der Waals surface area contributed by atoms with Gasteiger partial charge in [0.25, 0.3) is 11.2 Å². The van der Waals surface area contributed by atoms with Crippen LogP contribution in [0.3, 0.4) is 0 Å². The fraction of sp³-hybridized carbons (Fsp3) is 0.200. The van der Waals surface area contributed by atoms with Crippen molar-refractivity contribution in [3.8, 4) is 5.69 Å². The molecule has 2 heterocycles. The Morgan fingerprint density at radius 1 is 1.18 bits per heavy atom. The lowest BCUT2D eigenvalue weighted by atomic mass is 10.1. The Morgan fingerprint density at radius 2 is 1.93 bits per heavy atom. The average Bonchev–Trinajstić information content (AvgIpc) is 2.97. The van der Waals surface area contributed by atoms with E-state index in [4.69, 9.17) is 0 Å². The van der Waals surface area contributed by atoms with E-state index in [1.54, 1.807) is 17.8 Å². The summed E-state index contributed by atoms with van der Waals surface area (Å²) in [7, 11) is 0. The van der Waals surface area contributed by atoms with Crippen LogP contribution in [0, 0.1) is 24.0 Å². The number of aryl methyl sites for hydroxylation is 1. The second-order valence-corrected chi connectivity index (χ2v) is 7.24. The molecule has 1 aromatic carbocycles. The number of carbonyl (C=O) groups is 1. The molecule has 0 radical (unpaired) electrons. The molecule has 28 heavy (non-hydrogen) atoms. The third-order valence-corrected chi connectivity index (χ3v) is 5.26. The number of pyridine rings is 1. The van der Waals surface area contributed by atoms with E-state index in [1.165, 1.54) is 0 Å². The molecule has 144 valence electrons. The number of Topliss-reactive ketones (excluding diaryl/α,β-unsaturated/α-hetero) is 1. The van der Waals surface area contributed by atoms with Gasteiger partial charge in [-0.05, 0) is 44.4 Å². The summed E-state index contributed by atoms with van der Waals surface area (Å²) in [4.78, 5) is 36.3. The minimum absolute atomic E-state index is 0.230. The third kappa shape index (κ3) is 3.77. The van der Waals surface area contributed by atoms with Crippen molar-refractivity contribution in [2.24, 2.45) is 0 Å². The summed E-state index contributed by atoms with van der Waals surface area (Å²) in [6.07, 6.45) is 3.10. The first-order chi connectivity index (χ1) is 13.3. The van der Waals surface area contributed by atoms with Gasteiger partial charge in [-0.15, -0.1) is 11.8 Å². The molecular weight excluding hydrogens is 378 g/mol. The number of hydrogen-bond donors (Lipinski definition) is 0. The van der Waals surface area contributed by atoms with E-state index in [0.717, 1.165) is 44.9 Å². The molecule has 0 amide bonds. The maximum absolute atomic E-state index is 12.8. The summed E-state index contributed by atoms with van der Waals surface area (Å²) >= 11 is 1.64. The van der Waals surface area contributed by atoms with Crippen molar-refractivity contribution in [3.05, 3.63) is 86.1 Å². The summed E-state index contributed by atoms with van der Waals surface area (Å²) in [6.45, 7) is 3.51. The van der Waals surface area contributed by atoms with Crippen LogP contribution in [0.15, 0.2) is 58.4 Å². The molecule has 0 atom stereocenters. The van der Waals surface area contributed by atoms with Gasteiger partial charge in [-0.1, -0.05) is 6.07 Å². The molecule has 0 saturated heterocycles. The van der Waals surface area contributed by atoms with Gasteiger partial charge in [0.15, 0.2) is 5.78 Å². The molecule has 0 aliphatic carbocycles. The van der Waals surface area contributed by atoms with E-state index in [-0.39, 0.29) is 18.0 Å². The summed E-state index contributed by atoms with van der Waals surface area (Å²) in [5, 5.41) is 10.9. The summed E-state index contributed by atoms with van der Waals surface area (Å²) in [6, 6.07) is 12.0. The molecule has 0 N–H and O–H groups in total.